The highest BCUT2D eigenvalue weighted by Gasteiger charge is 2.66. The largest absolute Gasteiger partial charge is 0.481 e. The summed E-state index contributed by atoms with van der Waals surface area (Å²) in [5.41, 5.74) is 1.93. The van der Waals surface area contributed by atoms with E-state index in [2.05, 4.69) is 46.9 Å². The van der Waals surface area contributed by atoms with Crippen molar-refractivity contribution in [3.63, 3.8) is 0 Å². The number of hydrogen-bond donors (Lipinski definition) is 4. The Balaban J connectivity index is 1.11. The predicted octanol–water partition coefficient (Wildman–Crippen LogP) is 7.81. The summed E-state index contributed by atoms with van der Waals surface area (Å²) in [5.74, 6) is -1.91. The monoisotopic (exact) mass is 729 g/mol. The number of allylic oxidation sites excluding steroid dienone is 2. The quantitative estimate of drug-likeness (QED) is 0.190. The molecule has 53 heavy (non-hydrogen) atoms. The number of amides is 1. The molecule has 8 heteroatoms. The van der Waals surface area contributed by atoms with Crippen molar-refractivity contribution in [1.29, 1.82) is 0 Å². The molecule has 6 aliphatic rings. The maximum Gasteiger partial charge on any atom is 0.306 e. The number of carboxylic acids is 1. The van der Waals surface area contributed by atoms with E-state index in [1.165, 1.54) is 5.57 Å². The van der Waals surface area contributed by atoms with E-state index in [0.717, 1.165) is 56.9 Å². The van der Waals surface area contributed by atoms with Gasteiger partial charge in [-0.15, -0.1) is 0 Å². The highest BCUT2D eigenvalue weighted by molar-refractivity contribution is 6.01. The van der Waals surface area contributed by atoms with E-state index in [-0.39, 0.29) is 63.5 Å². The third-order valence-electron chi connectivity index (χ3n) is 16.9. The van der Waals surface area contributed by atoms with Crippen LogP contribution in [0.15, 0.2) is 41.5 Å². The second-order valence-electron chi connectivity index (χ2n) is 20.0. The zero-order valence-corrected chi connectivity index (χ0v) is 33.0. The zero-order valence-electron chi connectivity index (χ0n) is 33.0. The number of aliphatic hydroxyl groups is 2. The van der Waals surface area contributed by atoms with Gasteiger partial charge in [-0.3, -0.25) is 19.2 Å². The minimum atomic E-state index is -2.50. The van der Waals surface area contributed by atoms with Crippen LogP contribution in [-0.2, 0) is 25.1 Å². The van der Waals surface area contributed by atoms with Crippen LogP contribution in [0.5, 0.6) is 0 Å². The van der Waals surface area contributed by atoms with Crippen molar-refractivity contribution < 1.29 is 34.5 Å². The summed E-state index contributed by atoms with van der Waals surface area (Å²) in [7, 11) is 0. The lowest BCUT2D eigenvalue weighted by Crippen LogP contribution is -2.62. The molecule has 290 valence electrons. The van der Waals surface area contributed by atoms with Crippen LogP contribution in [0, 0.1) is 74.9 Å². The molecule has 8 nitrogen and oxygen atoms in total. The first-order chi connectivity index (χ1) is 24.8. The summed E-state index contributed by atoms with van der Waals surface area (Å²) < 4.78 is 0. The Morgan fingerprint density at radius 2 is 1.57 bits per heavy atom. The van der Waals surface area contributed by atoms with Crippen molar-refractivity contribution in [2.45, 2.75) is 131 Å². The van der Waals surface area contributed by atoms with Crippen molar-refractivity contribution in [2.24, 2.45) is 74.9 Å². The maximum absolute atomic E-state index is 13.9. The summed E-state index contributed by atoms with van der Waals surface area (Å²) in [6.07, 6.45) is 9.54. The van der Waals surface area contributed by atoms with Gasteiger partial charge in [-0.25, -0.2) is 0 Å². The number of carboxylic acid groups (broad SMARTS) is 1. The number of carbonyl (C=O) groups excluding carboxylic acids is 3. The van der Waals surface area contributed by atoms with E-state index in [1.54, 1.807) is 30.3 Å². The Labute approximate surface area is 316 Å². The number of ketones is 2. The van der Waals surface area contributed by atoms with E-state index >= 15 is 0 Å². The summed E-state index contributed by atoms with van der Waals surface area (Å²) in [6.45, 7) is 16.0. The van der Waals surface area contributed by atoms with Crippen LogP contribution in [0.3, 0.4) is 0 Å². The molecule has 0 aliphatic heterocycles. The molecule has 5 saturated carbocycles. The van der Waals surface area contributed by atoms with E-state index in [0.29, 0.717) is 42.9 Å². The molecular formula is C45H63NO7. The fourth-order valence-corrected chi connectivity index (χ4v) is 14.3. The molecular weight excluding hydrogens is 666 g/mol. The minimum absolute atomic E-state index is 0.00526. The molecule has 7 rings (SSSR count). The molecule has 11 atom stereocenters. The molecule has 0 bridgehead atoms. The van der Waals surface area contributed by atoms with Gasteiger partial charge in [0.1, 0.15) is 5.78 Å². The van der Waals surface area contributed by atoms with Gasteiger partial charge in [0.05, 0.1) is 5.92 Å². The average molecular weight is 730 g/mol. The lowest BCUT2D eigenvalue weighted by molar-refractivity contribution is -0.199. The number of carbonyl (C=O) groups is 4. The molecule has 1 aromatic rings. The first kappa shape index (κ1) is 38.4. The standard InChI is InChI=1S/C45H63NO7/c1-25(2)38-34(48)23-44(24-37(49)46-45(52,53)27-11-9-8-10-12-27)20-16-32-29(39(38)44)13-14-36-42(32,6)19-17-35-41(4,5)28(15-18-43(35,36)7)21-33(47)30-22-31(26(30)3)40(50)51/h8-12,25-26,28-32,35-36,52-53H,13-24H2,1-7H3,(H,46,49)(H,50,51). The number of rotatable bonds is 9. The van der Waals surface area contributed by atoms with Crippen LogP contribution in [0.2, 0.25) is 0 Å². The molecule has 6 aliphatic carbocycles. The summed E-state index contributed by atoms with van der Waals surface area (Å²) in [4.78, 5) is 52.8. The van der Waals surface area contributed by atoms with Gasteiger partial charge in [-0.05, 0) is 121 Å². The first-order valence-electron chi connectivity index (χ1n) is 20.6. The van der Waals surface area contributed by atoms with Gasteiger partial charge in [0.15, 0.2) is 5.78 Å². The number of hydrogen-bond acceptors (Lipinski definition) is 6. The van der Waals surface area contributed by atoms with E-state index in [9.17, 15) is 34.5 Å². The maximum atomic E-state index is 13.9. The topological polar surface area (TPSA) is 141 Å². The summed E-state index contributed by atoms with van der Waals surface area (Å²) in [6, 6.07) is 8.31. The molecule has 0 aromatic heterocycles. The van der Waals surface area contributed by atoms with Crippen LogP contribution in [0.4, 0.5) is 0 Å². The first-order valence-corrected chi connectivity index (χ1v) is 20.6. The number of fused-ring (bicyclic) bond motifs is 7. The number of aliphatic carboxylic acids is 1. The molecule has 4 N–H and O–H groups in total. The second kappa shape index (κ2) is 13.1. The normalized spacial score (nSPS) is 40.4. The molecule has 0 heterocycles. The lowest BCUT2D eigenvalue weighted by Gasteiger charge is -2.69. The molecule has 0 spiro atoms. The molecule has 0 saturated heterocycles. The number of Topliss-reactive ketones (excluding diaryl/α,β-unsaturated/α-hetero) is 2. The average Bonchev–Trinajstić information content (AvgIpc) is 3.36. The molecule has 11 unspecified atom stereocenters. The zero-order chi connectivity index (χ0) is 38.5. The number of benzene rings is 1. The summed E-state index contributed by atoms with van der Waals surface area (Å²) in [5, 5.41) is 33.7. The van der Waals surface area contributed by atoms with Crippen molar-refractivity contribution in [2.75, 3.05) is 0 Å². The Kier molecular flexibility index (Phi) is 9.53. The van der Waals surface area contributed by atoms with Crippen molar-refractivity contribution in [1.82, 2.24) is 5.32 Å². The Bertz CT molecular complexity index is 1690. The highest BCUT2D eigenvalue weighted by Crippen LogP contribution is 2.74. The summed E-state index contributed by atoms with van der Waals surface area (Å²) >= 11 is 0. The SMILES string of the molecule is CC(C)C1=C2C3CCC4C(C)(CCC5C(C)(C)C(CC(=O)C6CC(C(=O)O)C6C)CCC54C)C3CCC2(CC(=O)NC(O)(O)c2ccccc2)CC1=O. The van der Waals surface area contributed by atoms with Gasteiger partial charge in [0.25, 0.3) is 5.91 Å². The third kappa shape index (κ3) is 5.98. The van der Waals surface area contributed by atoms with E-state index in [4.69, 9.17) is 0 Å². The van der Waals surface area contributed by atoms with Crippen LogP contribution in [0.1, 0.15) is 131 Å². The molecule has 1 amide bonds. The Morgan fingerprint density at radius 3 is 2.21 bits per heavy atom. The fourth-order valence-electron chi connectivity index (χ4n) is 14.3. The third-order valence-corrected chi connectivity index (χ3v) is 16.9. The van der Waals surface area contributed by atoms with Crippen LogP contribution >= 0.6 is 0 Å². The van der Waals surface area contributed by atoms with Crippen molar-refractivity contribution in [3.8, 4) is 0 Å². The van der Waals surface area contributed by atoms with Crippen LogP contribution < -0.4 is 5.32 Å². The smallest absolute Gasteiger partial charge is 0.306 e. The highest BCUT2D eigenvalue weighted by atomic mass is 16.5. The Morgan fingerprint density at radius 1 is 0.887 bits per heavy atom. The van der Waals surface area contributed by atoms with E-state index < -0.39 is 29.1 Å². The minimum Gasteiger partial charge on any atom is -0.481 e. The van der Waals surface area contributed by atoms with Gasteiger partial charge in [0.2, 0.25) is 5.91 Å². The van der Waals surface area contributed by atoms with Crippen LogP contribution in [0.25, 0.3) is 0 Å². The second-order valence-corrected chi connectivity index (χ2v) is 20.0. The van der Waals surface area contributed by atoms with Gasteiger partial charge in [-0.1, -0.05) is 84.4 Å². The van der Waals surface area contributed by atoms with Crippen molar-refractivity contribution >= 4 is 23.4 Å². The fraction of sp³-hybridized carbons (Fsp3) is 0.733. The van der Waals surface area contributed by atoms with Crippen molar-refractivity contribution in [3.05, 3.63) is 47.0 Å². The Hall–Kier alpha value is -2.84. The van der Waals surface area contributed by atoms with Crippen LogP contribution in [-0.4, -0.2) is 38.8 Å². The number of nitrogens with one attached hydrogen (secondary N) is 1. The molecule has 0 radical (unpaired) electrons. The lowest BCUT2D eigenvalue weighted by atomic mass is 9.35. The van der Waals surface area contributed by atoms with E-state index in [1.807, 2.05) is 6.92 Å². The molecule has 1 aromatic carbocycles. The molecule has 5 fully saturated rings. The van der Waals surface area contributed by atoms with Gasteiger partial charge < -0.3 is 20.6 Å². The predicted molar refractivity (Wildman–Crippen MR) is 202 cm³/mol. The van der Waals surface area contributed by atoms with Gasteiger partial charge in [-0.2, -0.15) is 0 Å². The van der Waals surface area contributed by atoms with Gasteiger partial charge in [0, 0.05) is 36.2 Å². The van der Waals surface area contributed by atoms with Gasteiger partial charge >= 0.3 is 5.97 Å².